The molecule has 1 saturated carbocycles. The van der Waals surface area contributed by atoms with Crippen molar-refractivity contribution in [1.29, 1.82) is 0 Å². The van der Waals surface area contributed by atoms with Gasteiger partial charge in [-0.1, -0.05) is 29.3 Å². The van der Waals surface area contributed by atoms with Crippen LogP contribution < -0.4 is 10.6 Å². The molecule has 0 saturated heterocycles. The molecule has 1 aliphatic carbocycles. The second-order valence-electron chi connectivity index (χ2n) is 6.39. The van der Waals surface area contributed by atoms with Crippen LogP contribution in [0.25, 0.3) is 0 Å². The highest BCUT2D eigenvalue weighted by atomic mass is 35.5. The van der Waals surface area contributed by atoms with Gasteiger partial charge in [-0.3, -0.25) is 4.79 Å². The minimum atomic E-state index is -0.291. The number of rotatable bonds is 5. The zero-order valence-electron chi connectivity index (χ0n) is 14.3. The maximum Gasteiger partial charge on any atom is 0.321 e. The molecule has 0 radical (unpaired) electrons. The van der Waals surface area contributed by atoms with Crippen LogP contribution in [0.2, 0.25) is 10.0 Å². The molecular formula is C19H19Cl2N3O2. The summed E-state index contributed by atoms with van der Waals surface area (Å²) in [5.41, 5.74) is 1.92. The molecule has 3 amide bonds. The molecule has 2 N–H and O–H groups in total. The van der Waals surface area contributed by atoms with Crippen molar-refractivity contribution >= 4 is 40.8 Å². The van der Waals surface area contributed by atoms with Gasteiger partial charge in [0, 0.05) is 40.9 Å². The van der Waals surface area contributed by atoms with Crippen LogP contribution in [0.1, 0.15) is 28.8 Å². The molecule has 136 valence electrons. The van der Waals surface area contributed by atoms with Crippen LogP contribution in [0.3, 0.4) is 0 Å². The molecule has 3 rings (SSSR count). The molecular weight excluding hydrogens is 373 g/mol. The SMILES string of the molecule is CN(Cc1cc(Cl)cc(Cl)c1)C(=O)Nc1cccc(C(=O)NC2CC2)c1. The van der Waals surface area contributed by atoms with E-state index in [1.165, 1.54) is 4.90 Å². The predicted octanol–water partition coefficient (Wildman–Crippen LogP) is 4.55. The van der Waals surface area contributed by atoms with Crippen molar-refractivity contribution in [3.8, 4) is 0 Å². The summed E-state index contributed by atoms with van der Waals surface area (Å²) in [6, 6.07) is 12.1. The van der Waals surface area contributed by atoms with Crippen LogP contribution in [0.5, 0.6) is 0 Å². The average Bonchev–Trinajstić information content (AvgIpc) is 3.38. The molecule has 0 aromatic heterocycles. The average molecular weight is 392 g/mol. The second-order valence-corrected chi connectivity index (χ2v) is 7.27. The number of amides is 3. The minimum Gasteiger partial charge on any atom is -0.349 e. The van der Waals surface area contributed by atoms with Gasteiger partial charge in [-0.2, -0.15) is 0 Å². The van der Waals surface area contributed by atoms with Gasteiger partial charge in [0.05, 0.1) is 0 Å². The fourth-order valence-corrected chi connectivity index (χ4v) is 3.07. The van der Waals surface area contributed by atoms with Crippen molar-refractivity contribution < 1.29 is 9.59 Å². The Morgan fingerprint density at radius 2 is 1.81 bits per heavy atom. The Bertz CT molecular complexity index is 817. The fraction of sp³-hybridized carbons (Fsp3) is 0.263. The Balaban J connectivity index is 1.62. The van der Waals surface area contributed by atoms with Crippen LogP contribution in [0.15, 0.2) is 42.5 Å². The molecule has 1 aliphatic rings. The highest BCUT2D eigenvalue weighted by molar-refractivity contribution is 6.34. The lowest BCUT2D eigenvalue weighted by atomic mass is 10.2. The van der Waals surface area contributed by atoms with E-state index in [-0.39, 0.29) is 18.0 Å². The third-order valence-electron chi connectivity index (χ3n) is 3.98. The van der Waals surface area contributed by atoms with E-state index in [1.807, 2.05) is 0 Å². The Kier molecular flexibility index (Phi) is 5.69. The number of hydrogen-bond donors (Lipinski definition) is 2. The second kappa shape index (κ2) is 7.98. The van der Waals surface area contributed by atoms with E-state index in [9.17, 15) is 9.59 Å². The van der Waals surface area contributed by atoms with Crippen molar-refractivity contribution in [1.82, 2.24) is 10.2 Å². The Morgan fingerprint density at radius 3 is 2.46 bits per heavy atom. The highest BCUT2D eigenvalue weighted by Crippen LogP contribution is 2.21. The summed E-state index contributed by atoms with van der Waals surface area (Å²) in [5.74, 6) is -0.120. The summed E-state index contributed by atoms with van der Waals surface area (Å²) in [7, 11) is 1.67. The van der Waals surface area contributed by atoms with Crippen LogP contribution in [0, 0.1) is 0 Å². The van der Waals surface area contributed by atoms with Gasteiger partial charge >= 0.3 is 6.03 Å². The van der Waals surface area contributed by atoms with E-state index in [0.717, 1.165) is 18.4 Å². The molecule has 2 aromatic carbocycles. The van der Waals surface area contributed by atoms with Gasteiger partial charge in [-0.25, -0.2) is 4.79 Å². The van der Waals surface area contributed by atoms with Crippen LogP contribution in [-0.2, 0) is 6.54 Å². The lowest BCUT2D eigenvalue weighted by molar-refractivity contribution is 0.0951. The number of benzene rings is 2. The van der Waals surface area contributed by atoms with Crippen LogP contribution >= 0.6 is 23.2 Å². The standard InChI is InChI=1S/C19H19Cl2N3O2/c1-24(11-12-7-14(20)10-15(21)8-12)19(26)23-17-4-2-3-13(9-17)18(25)22-16-5-6-16/h2-4,7-10,16H,5-6,11H2,1H3,(H,22,25)(H,23,26). The third kappa shape index (κ3) is 5.13. The number of carbonyl (C=O) groups is 2. The van der Waals surface area contributed by atoms with E-state index in [1.54, 1.807) is 49.5 Å². The van der Waals surface area contributed by atoms with E-state index < -0.39 is 0 Å². The molecule has 0 unspecified atom stereocenters. The molecule has 0 heterocycles. The number of urea groups is 1. The molecule has 0 aliphatic heterocycles. The largest absolute Gasteiger partial charge is 0.349 e. The van der Waals surface area contributed by atoms with Gasteiger partial charge in [-0.15, -0.1) is 0 Å². The predicted molar refractivity (Wildman–Crippen MR) is 104 cm³/mol. The first-order valence-electron chi connectivity index (χ1n) is 8.29. The van der Waals surface area contributed by atoms with Gasteiger partial charge in [0.1, 0.15) is 0 Å². The summed E-state index contributed by atoms with van der Waals surface area (Å²) in [4.78, 5) is 26.0. The van der Waals surface area contributed by atoms with Gasteiger partial charge in [-0.05, 0) is 54.8 Å². The number of anilines is 1. The van der Waals surface area contributed by atoms with Crippen LogP contribution in [0.4, 0.5) is 10.5 Å². The lowest BCUT2D eigenvalue weighted by Crippen LogP contribution is -2.31. The summed E-state index contributed by atoms with van der Waals surface area (Å²) >= 11 is 12.0. The minimum absolute atomic E-state index is 0.120. The Morgan fingerprint density at radius 1 is 1.12 bits per heavy atom. The summed E-state index contributed by atoms with van der Waals surface area (Å²) < 4.78 is 0. The van der Waals surface area contributed by atoms with Gasteiger partial charge < -0.3 is 15.5 Å². The first-order chi connectivity index (χ1) is 12.4. The number of hydrogen-bond acceptors (Lipinski definition) is 2. The molecule has 5 nitrogen and oxygen atoms in total. The number of halogens is 2. The molecule has 1 fully saturated rings. The quantitative estimate of drug-likeness (QED) is 0.784. The first-order valence-corrected chi connectivity index (χ1v) is 9.04. The first kappa shape index (κ1) is 18.5. The normalized spacial score (nSPS) is 13.2. The monoisotopic (exact) mass is 391 g/mol. The zero-order valence-corrected chi connectivity index (χ0v) is 15.8. The molecule has 2 aromatic rings. The summed E-state index contributed by atoms with van der Waals surface area (Å²) in [6.45, 7) is 0.355. The molecule has 0 spiro atoms. The maximum atomic E-state index is 12.4. The number of nitrogens with zero attached hydrogens (tertiary/aromatic N) is 1. The Labute approximate surface area is 162 Å². The molecule has 7 heteroatoms. The third-order valence-corrected chi connectivity index (χ3v) is 4.41. The van der Waals surface area contributed by atoms with E-state index >= 15 is 0 Å². The number of carbonyl (C=O) groups excluding carboxylic acids is 2. The molecule has 0 atom stereocenters. The Hall–Kier alpha value is -2.24. The van der Waals surface area contributed by atoms with Gasteiger partial charge in [0.2, 0.25) is 0 Å². The van der Waals surface area contributed by atoms with E-state index in [4.69, 9.17) is 23.2 Å². The van der Waals surface area contributed by atoms with Crippen molar-refractivity contribution in [3.05, 3.63) is 63.6 Å². The van der Waals surface area contributed by atoms with Crippen LogP contribution in [-0.4, -0.2) is 29.9 Å². The van der Waals surface area contributed by atoms with Crippen molar-refractivity contribution in [2.45, 2.75) is 25.4 Å². The summed E-state index contributed by atoms with van der Waals surface area (Å²) in [5, 5.41) is 6.77. The highest BCUT2D eigenvalue weighted by Gasteiger charge is 2.23. The number of nitrogens with one attached hydrogen (secondary N) is 2. The van der Waals surface area contributed by atoms with Crippen molar-refractivity contribution in [2.75, 3.05) is 12.4 Å². The molecule has 0 bridgehead atoms. The van der Waals surface area contributed by atoms with E-state index in [2.05, 4.69) is 10.6 Å². The van der Waals surface area contributed by atoms with Crippen molar-refractivity contribution in [2.24, 2.45) is 0 Å². The zero-order chi connectivity index (χ0) is 18.7. The van der Waals surface area contributed by atoms with E-state index in [0.29, 0.717) is 27.8 Å². The fourth-order valence-electron chi connectivity index (χ4n) is 2.50. The summed E-state index contributed by atoms with van der Waals surface area (Å²) in [6.07, 6.45) is 2.06. The van der Waals surface area contributed by atoms with Gasteiger partial charge in [0.15, 0.2) is 0 Å². The maximum absolute atomic E-state index is 12.4. The topological polar surface area (TPSA) is 61.4 Å². The molecule has 26 heavy (non-hydrogen) atoms. The lowest BCUT2D eigenvalue weighted by Gasteiger charge is -2.18. The smallest absolute Gasteiger partial charge is 0.321 e. The van der Waals surface area contributed by atoms with Crippen molar-refractivity contribution in [3.63, 3.8) is 0 Å². The van der Waals surface area contributed by atoms with Gasteiger partial charge in [0.25, 0.3) is 5.91 Å².